The summed E-state index contributed by atoms with van der Waals surface area (Å²) >= 11 is 0. The van der Waals surface area contributed by atoms with Crippen molar-refractivity contribution in [3.63, 3.8) is 0 Å². The normalized spacial score (nSPS) is 24.0. The molecule has 5 heteroatoms. The monoisotopic (exact) mass is 371 g/mol. The Labute approximate surface area is 162 Å². The van der Waals surface area contributed by atoms with Crippen LogP contribution in [0, 0.1) is 19.8 Å². The summed E-state index contributed by atoms with van der Waals surface area (Å²) in [6.45, 7) is 4.00. The Hall–Kier alpha value is -1.88. The van der Waals surface area contributed by atoms with Gasteiger partial charge in [-0.2, -0.15) is 0 Å². The highest BCUT2D eigenvalue weighted by molar-refractivity contribution is 5.95. The van der Waals surface area contributed by atoms with Crippen molar-refractivity contribution in [3.05, 3.63) is 34.9 Å². The summed E-state index contributed by atoms with van der Waals surface area (Å²) in [6, 6.07) is 6.05. The third kappa shape index (κ3) is 4.52. The maximum Gasteiger partial charge on any atom is 0.251 e. The molecule has 2 amide bonds. The molecule has 0 radical (unpaired) electrons. The number of aryl methyl sites for hydroxylation is 2. The minimum atomic E-state index is -0.411. The summed E-state index contributed by atoms with van der Waals surface area (Å²) in [5, 5.41) is 3.17. The predicted molar refractivity (Wildman–Crippen MR) is 108 cm³/mol. The van der Waals surface area contributed by atoms with Gasteiger partial charge in [0, 0.05) is 24.7 Å². The van der Waals surface area contributed by atoms with Crippen LogP contribution in [0.5, 0.6) is 0 Å². The predicted octanol–water partition coefficient (Wildman–Crippen LogP) is 2.93. The first-order valence-electron chi connectivity index (χ1n) is 10.3. The second-order valence-electron chi connectivity index (χ2n) is 8.46. The van der Waals surface area contributed by atoms with Crippen molar-refractivity contribution in [2.75, 3.05) is 7.05 Å². The van der Waals surface area contributed by atoms with Gasteiger partial charge in [-0.1, -0.05) is 17.7 Å². The Balaban J connectivity index is 1.49. The summed E-state index contributed by atoms with van der Waals surface area (Å²) in [5.74, 6) is 0.304. The lowest BCUT2D eigenvalue weighted by Gasteiger charge is -2.39. The first kappa shape index (κ1) is 19.9. The van der Waals surface area contributed by atoms with Gasteiger partial charge in [0.05, 0.1) is 6.04 Å². The maximum absolute atomic E-state index is 12.6. The Morgan fingerprint density at radius 3 is 2.33 bits per heavy atom. The number of benzene rings is 1. The van der Waals surface area contributed by atoms with Crippen molar-refractivity contribution in [1.82, 2.24) is 10.2 Å². The molecule has 1 aromatic rings. The molecule has 2 fully saturated rings. The number of nitrogens with two attached hydrogens (primary N) is 1. The lowest BCUT2D eigenvalue weighted by molar-refractivity contribution is -0.136. The average Bonchev–Trinajstić information content (AvgIpc) is 2.59. The van der Waals surface area contributed by atoms with Crippen molar-refractivity contribution in [3.8, 4) is 0 Å². The number of carbonyl (C=O) groups excluding carboxylic acids is 2. The summed E-state index contributed by atoms with van der Waals surface area (Å²) in [5.41, 5.74) is 9.22. The highest BCUT2D eigenvalue weighted by atomic mass is 16.2. The molecule has 0 heterocycles. The number of hydrogen-bond acceptors (Lipinski definition) is 3. The van der Waals surface area contributed by atoms with E-state index in [0.29, 0.717) is 6.04 Å². The van der Waals surface area contributed by atoms with Crippen molar-refractivity contribution in [1.29, 1.82) is 0 Å². The van der Waals surface area contributed by atoms with Gasteiger partial charge in [-0.05, 0) is 76.3 Å². The minimum absolute atomic E-state index is 0.000964. The maximum atomic E-state index is 12.6. The zero-order valence-electron chi connectivity index (χ0n) is 16.8. The van der Waals surface area contributed by atoms with Gasteiger partial charge in [0.2, 0.25) is 5.91 Å². The Kier molecular flexibility index (Phi) is 6.20. The van der Waals surface area contributed by atoms with Crippen LogP contribution in [0.15, 0.2) is 18.2 Å². The van der Waals surface area contributed by atoms with E-state index in [-0.39, 0.29) is 23.8 Å². The van der Waals surface area contributed by atoms with E-state index in [9.17, 15) is 9.59 Å². The molecule has 3 rings (SSSR count). The van der Waals surface area contributed by atoms with Gasteiger partial charge in [-0.15, -0.1) is 0 Å². The molecule has 0 bridgehead atoms. The van der Waals surface area contributed by atoms with Crippen LogP contribution >= 0.6 is 0 Å². The van der Waals surface area contributed by atoms with E-state index in [2.05, 4.69) is 5.32 Å². The summed E-state index contributed by atoms with van der Waals surface area (Å²) in [6.07, 6.45) is 6.97. The zero-order chi connectivity index (χ0) is 19.6. The number of rotatable bonds is 5. The van der Waals surface area contributed by atoms with Gasteiger partial charge < -0.3 is 16.0 Å². The molecular formula is C22H33N3O2. The summed E-state index contributed by atoms with van der Waals surface area (Å²) in [4.78, 5) is 27.1. The lowest BCUT2D eigenvalue weighted by Crippen LogP contribution is -2.52. The van der Waals surface area contributed by atoms with Crippen molar-refractivity contribution >= 4 is 11.8 Å². The molecule has 5 nitrogen and oxygen atoms in total. The second-order valence-corrected chi connectivity index (χ2v) is 8.46. The number of nitrogens with zero attached hydrogens (tertiary/aromatic N) is 1. The fraction of sp³-hybridized carbons (Fsp3) is 0.636. The largest absolute Gasteiger partial charge is 0.349 e. The smallest absolute Gasteiger partial charge is 0.251 e. The quantitative estimate of drug-likeness (QED) is 0.836. The van der Waals surface area contributed by atoms with Crippen LogP contribution in [0.25, 0.3) is 0 Å². The number of amides is 2. The van der Waals surface area contributed by atoms with Gasteiger partial charge in [0.1, 0.15) is 0 Å². The summed E-state index contributed by atoms with van der Waals surface area (Å²) < 4.78 is 0. The van der Waals surface area contributed by atoms with Crippen molar-refractivity contribution in [2.45, 2.75) is 76.9 Å². The van der Waals surface area contributed by atoms with Crippen LogP contribution < -0.4 is 11.1 Å². The molecule has 0 aliphatic heterocycles. The fourth-order valence-corrected chi connectivity index (χ4v) is 4.34. The van der Waals surface area contributed by atoms with Crippen LogP contribution in [0.4, 0.5) is 0 Å². The topological polar surface area (TPSA) is 75.4 Å². The number of carbonyl (C=O) groups is 2. The first-order chi connectivity index (χ1) is 12.9. The molecule has 0 unspecified atom stereocenters. The molecule has 3 N–H and O–H groups in total. The summed E-state index contributed by atoms with van der Waals surface area (Å²) in [7, 11) is 1.89. The highest BCUT2D eigenvalue weighted by Gasteiger charge is 2.34. The van der Waals surface area contributed by atoms with E-state index in [1.165, 1.54) is 6.42 Å². The second kappa shape index (κ2) is 8.42. The molecule has 1 atom stereocenters. The van der Waals surface area contributed by atoms with Crippen molar-refractivity contribution < 1.29 is 9.59 Å². The molecule has 2 aliphatic rings. The Morgan fingerprint density at radius 1 is 1.11 bits per heavy atom. The molecule has 27 heavy (non-hydrogen) atoms. The first-order valence-corrected chi connectivity index (χ1v) is 10.3. The number of nitrogens with one attached hydrogen (secondary N) is 1. The molecule has 2 aliphatic carbocycles. The van der Waals surface area contributed by atoms with Gasteiger partial charge in [-0.3, -0.25) is 9.59 Å². The third-order valence-electron chi connectivity index (χ3n) is 6.50. The van der Waals surface area contributed by atoms with Crippen LogP contribution in [-0.2, 0) is 4.79 Å². The van der Waals surface area contributed by atoms with Gasteiger partial charge in [0.25, 0.3) is 5.91 Å². The van der Waals surface area contributed by atoms with E-state index in [1.807, 2.05) is 44.0 Å². The van der Waals surface area contributed by atoms with Crippen LogP contribution in [-0.4, -0.2) is 41.9 Å². The van der Waals surface area contributed by atoms with E-state index in [1.54, 1.807) is 0 Å². The van der Waals surface area contributed by atoms with E-state index >= 15 is 0 Å². The van der Waals surface area contributed by atoms with Gasteiger partial charge in [0.15, 0.2) is 0 Å². The van der Waals surface area contributed by atoms with Crippen LogP contribution in [0.2, 0.25) is 0 Å². The Bertz CT molecular complexity index is 691. The lowest BCUT2D eigenvalue weighted by atomic mass is 9.80. The molecular weight excluding hydrogens is 338 g/mol. The van der Waals surface area contributed by atoms with Crippen molar-refractivity contribution in [2.24, 2.45) is 11.7 Å². The highest BCUT2D eigenvalue weighted by Crippen LogP contribution is 2.29. The minimum Gasteiger partial charge on any atom is -0.349 e. The number of likely N-dealkylation sites (N-methyl/N-ethyl adjacent to an activating group) is 1. The molecule has 1 aromatic carbocycles. The molecule has 0 aromatic heterocycles. The van der Waals surface area contributed by atoms with E-state index < -0.39 is 6.04 Å². The number of hydrogen-bond donors (Lipinski definition) is 2. The average molecular weight is 372 g/mol. The zero-order valence-corrected chi connectivity index (χ0v) is 16.8. The van der Waals surface area contributed by atoms with E-state index in [0.717, 1.165) is 55.2 Å². The van der Waals surface area contributed by atoms with Gasteiger partial charge in [-0.25, -0.2) is 0 Å². The Morgan fingerprint density at radius 2 is 1.78 bits per heavy atom. The molecule has 2 saturated carbocycles. The van der Waals surface area contributed by atoms with Gasteiger partial charge >= 0.3 is 0 Å². The third-order valence-corrected chi connectivity index (χ3v) is 6.50. The molecule has 0 saturated heterocycles. The fourth-order valence-electron chi connectivity index (χ4n) is 4.34. The SMILES string of the molecule is Cc1ccc(C(=O)NC2CCC([C@H](N)C(=O)N(C)C3CCC3)CC2)c(C)c1. The van der Waals surface area contributed by atoms with E-state index in [4.69, 9.17) is 5.73 Å². The standard InChI is InChI=1S/C22H33N3O2/c1-14-7-12-19(15(2)13-14)21(26)24-17-10-8-16(9-11-17)20(23)22(27)25(3)18-5-4-6-18/h7,12-13,16-18,20H,4-6,8-11,23H2,1-3H3,(H,24,26)/t16?,17?,20-/m0/s1. The van der Waals surface area contributed by atoms with Crippen LogP contribution in [0.3, 0.4) is 0 Å². The molecule has 0 spiro atoms. The van der Waals surface area contributed by atoms with Crippen LogP contribution in [0.1, 0.15) is 66.4 Å². The molecule has 148 valence electrons.